The molecule has 0 heterocycles. The number of nitrogens with zero attached hydrogens (tertiary/aromatic N) is 2. The lowest BCUT2D eigenvalue weighted by Gasteiger charge is -2.05. The van der Waals surface area contributed by atoms with Crippen molar-refractivity contribution in [2.24, 2.45) is 5.10 Å². The Kier molecular flexibility index (Phi) is 6.02. The van der Waals surface area contributed by atoms with Crippen molar-refractivity contribution in [1.82, 2.24) is 5.43 Å². The SMILES string of the molecule is CCOc1ccc(/C=N\NC(=O)c2cccc([N+](=O)[O-])c2)cc1Br. The van der Waals surface area contributed by atoms with Crippen LogP contribution in [0.1, 0.15) is 22.8 Å². The molecule has 124 valence electrons. The van der Waals surface area contributed by atoms with E-state index < -0.39 is 10.8 Å². The van der Waals surface area contributed by atoms with Crippen molar-refractivity contribution in [1.29, 1.82) is 0 Å². The summed E-state index contributed by atoms with van der Waals surface area (Å²) in [5, 5.41) is 14.6. The normalized spacial score (nSPS) is 10.6. The van der Waals surface area contributed by atoms with Crippen LogP contribution in [0.15, 0.2) is 52.0 Å². The summed E-state index contributed by atoms with van der Waals surface area (Å²) >= 11 is 3.39. The minimum atomic E-state index is -0.558. The Morgan fingerprint density at radius 3 is 2.83 bits per heavy atom. The molecule has 0 radical (unpaired) electrons. The van der Waals surface area contributed by atoms with Crippen LogP contribution in [0.5, 0.6) is 5.75 Å². The lowest BCUT2D eigenvalue weighted by Crippen LogP contribution is -2.17. The lowest BCUT2D eigenvalue weighted by molar-refractivity contribution is -0.384. The molecular formula is C16H14BrN3O4. The van der Waals surface area contributed by atoms with Gasteiger partial charge < -0.3 is 4.74 Å². The first-order chi connectivity index (χ1) is 11.5. The average Bonchev–Trinajstić information content (AvgIpc) is 2.57. The molecule has 1 amide bonds. The fourth-order valence-corrected chi connectivity index (χ4v) is 2.37. The Hall–Kier alpha value is -2.74. The number of hydrazone groups is 1. The molecule has 8 heteroatoms. The summed E-state index contributed by atoms with van der Waals surface area (Å²) in [7, 11) is 0. The Balaban J connectivity index is 2.03. The van der Waals surface area contributed by atoms with Crippen molar-refractivity contribution < 1.29 is 14.5 Å². The number of amides is 1. The average molecular weight is 392 g/mol. The van der Waals surface area contributed by atoms with Gasteiger partial charge in [-0.15, -0.1) is 0 Å². The van der Waals surface area contributed by atoms with Crippen molar-refractivity contribution in [3.05, 3.63) is 68.2 Å². The van der Waals surface area contributed by atoms with Crippen LogP contribution < -0.4 is 10.2 Å². The molecule has 0 saturated carbocycles. The minimum absolute atomic E-state index is 0.151. The second-order valence-electron chi connectivity index (χ2n) is 4.63. The van der Waals surface area contributed by atoms with Gasteiger partial charge in [-0.25, -0.2) is 5.43 Å². The van der Waals surface area contributed by atoms with E-state index in [-0.39, 0.29) is 11.3 Å². The molecule has 0 aromatic heterocycles. The summed E-state index contributed by atoms with van der Waals surface area (Å²) in [4.78, 5) is 22.1. The minimum Gasteiger partial charge on any atom is -0.493 e. The molecule has 0 spiro atoms. The number of non-ortho nitro benzene ring substituents is 1. The van der Waals surface area contributed by atoms with Crippen molar-refractivity contribution in [2.75, 3.05) is 6.61 Å². The fourth-order valence-electron chi connectivity index (χ4n) is 1.86. The molecule has 1 N–H and O–H groups in total. The van der Waals surface area contributed by atoms with Crippen LogP contribution >= 0.6 is 15.9 Å². The topological polar surface area (TPSA) is 93.8 Å². The standard InChI is InChI=1S/C16H14BrN3O4/c1-2-24-15-7-6-11(8-14(15)17)10-18-19-16(21)12-4-3-5-13(9-12)20(22)23/h3-10H,2H2,1H3,(H,19,21)/b18-10-. The summed E-state index contributed by atoms with van der Waals surface area (Å²) in [5.74, 6) is 0.190. The highest BCUT2D eigenvalue weighted by Crippen LogP contribution is 2.25. The van der Waals surface area contributed by atoms with Crippen LogP contribution in [0.2, 0.25) is 0 Å². The van der Waals surface area contributed by atoms with Gasteiger partial charge in [0.1, 0.15) is 5.75 Å². The molecule has 2 aromatic carbocycles. The van der Waals surface area contributed by atoms with Crippen molar-refractivity contribution >= 4 is 33.7 Å². The number of carbonyl (C=O) groups excluding carboxylic acids is 1. The van der Waals surface area contributed by atoms with Gasteiger partial charge >= 0.3 is 0 Å². The second kappa shape index (κ2) is 8.21. The van der Waals surface area contributed by atoms with Gasteiger partial charge in [0.15, 0.2) is 0 Å². The molecule has 2 rings (SSSR count). The van der Waals surface area contributed by atoms with Gasteiger partial charge in [-0.05, 0) is 52.7 Å². The Labute approximate surface area is 146 Å². The van der Waals surface area contributed by atoms with Crippen molar-refractivity contribution in [3.63, 3.8) is 0 Å². The van der Waals surface area contributed by atoms with Gasteiger partial charge in [-0.3, -0.25) is 14.9 Å². The van der Waals surface area contributed by atoms with E-state index >= 15 is 0 Å². The zero-order valence-corrected chi connectivity index (χ0v) is 14.3. The summed E-state index contributed by atoms with van der Waals surface area (Å²) in [5.41, 5.74) is 3.10. The maximum atomic E-state index is 11.9. The van der Waals surface area contributed by atoms with Gasteiger partial charge in [0.2, 0.25) is 0 Å². The third-order valence-electron chi connectivity index (χ3n) is 2.95. The van der Waals surface area contributed by atoms with E-state index in [0.717, 1.165) is 15.8 Å². The van der Waals surface area contributed by atoms with Crippen molar-refractivity contribution in [3.8, 4) is 5.75 Å². The number of hydrogen-bond donors (Lipinski definition) is 1. The van der Waals surface area contributed by atoms with E-state index in [9.17, 15) is 14.9 Å². The number of nitro groups is 1. The molecule has 0 fully saturated rings. The van der Waals surface area contributed by atoms with Crippen LogP contribution in [0.4, 0.5) is 5.69 Å². The van der Waals surface area contributed by atoms with Gasteiger partial charge in [0, 0.05) is 17.7 Å². The zero-order valence-electron chi connectivity index (χ0n) is 12.7. The van der Waals surface area contributed by atoms with Crippen LogP contribution in [-0.2, 0) is 0 Å². The highest BCUT2D eigenvalue weighted by Gasteiger charge is 2.10. The highest BCUT2D eigenvalue weighted by molar-refractivity contribution is 9.10. The van der Waals surface area contributed by atoms with Crippen LogP contribution in [0.25, 0.3) is 0 Å². The summed E-state index contributed by atoms with van der Waals surface area (Å²) in [6.07, 6.45) is 1.47. The number of nitrogens with one attached hydrogen (secondary N) is 1. The Morgan fingerprint density at radius 1 is 1.38 bits per heavy atom. The maximum Gasteiger partial charge on any atom is 0.271 e. The monoisotopic (exact) mass is 391 g/mol. The first kappa shape index (κ1) is 17.6. The predicted octanol–water partition coefficient (Wildman–Crippen LogP) is 3.52. The smallest absolute Gasteiger partial charge is 0.271 e. The van der Waals surface area contributed by atoms with Gasteiger partial charge in [0.05, 0.1) is 22.2 Å². The number of hydrogen-bond acceptors (Lipinski definition) is 5. The first-order valence-corrected chi connectivity index (χ1v) is 7.80. The maximum absolute atomic E-state index is 11.9. The number of ether oxygens (including phenoxy) is 1. The third-order valence-corrected chi connectivity index (χ3v) is 3.57. The van der Waals surface area contributed by atoms with E-state index in [4.69, 9.17) is 4.74 Å². The molecule has 0 unspecified atom stereocenters. The van der Waals surface area contributed by atoms with E-state index in [1.54, 1.807) is 18.2 Å². The number of rotatable bonds is 6. The quantitative estimate of drug-likeness (QED) is 0.462. The molecule has 2 aromatic rings. The van der Waals surface area contributed by atoms with Crippen LogP contribution in [-0.4, -0.2) is 23.7 Å². The number of nitro benzene ring substituents is 1. The number of benzene rings is 2. The molecule has 24 heavy (non-hydrogen) atoms. The number of carbonyl (C=O) groups is 1. The first-order valence-electron chi connectivity index (χ1n) is 7.01. The summed E-state index contributed by atoms with van der Waals surface area (Å²) < 4.78 is 6.18. The molecule has 7 nitrogen and oxygen atoms in total. The Morgan fingerprint density at radius 2 is 2.17 bits per heavy atom. The molecular weight excluding hydrogens is 378 g/mol. The van der Waals surface area contributed by atoms with E-state index in [0.29, 0.717) is 6.61 Å². The van der Waals surface area contributed by atoms with Gasteiger partial charge in [-0.1, -0.05) is 6.07 Å². The molecule has 0 bridgehead atoms. The van der Waals surface area contributed by atoms with E-state index in [1.165, 1.54) is 30.5 Å². The summed E-state index contributed by atoms with van der Waals surface area (Å²) in [6, 6.07) is 10.8. The Bertz CT molecular complexity index is 793. The molecule has 0 aliphatic heterocycles. The summed E-state index contributed by atoms with van der Waals surface area (Å²) in [6.45, 7) is 2.45. The third kappa shape index (κ3) is 4.63. The predicted molar refractivity (Wildman–Crippen MR) is 93.5 cm³/mol. The lowest BCUT2D eigenvalue weighted by atomic mass is 10.2. The zero-order chi connectivity index (χ0) is 17.5. The fraction of sp³-hybridized carbons (Fsp3) is 0.125. The second-order valence-corrected chi connectivity index (χ2v) is 5.48. The molecule has 0 aliphatic carbocycles. The largest absolute Gasteiger partial charge is 0.493 e. The number of halogens is 1. The molecule has 0 atom stereocenters. The highest BCUT2D eigenvalue weighted by atomic mass is 79.9. The van der Waals surface area contributed by atoms with E-state index in [2.05, 4.69) is 26.5 Å². The van der Waals surface area contributed by atoms with Crippen LogP contribution in [0, 0.1) is 10.1 Å². The van der Waals surface area contributed by atoms with Gasteiger partial charge in [0.25, 0.3) is 11.6 Å². The molecule has 0 aliphatic rings. The van der Waals surface area contributed by atoms with E-state index in [1.807, 2.05) is 6.92 Å². The molecule has 0 saturated heterocycles. The van der Waals surface area contributed by atoms with Gasteiger partial charge in [-0.2, -0.15) is 5.10 Å². The van der Waals surface area contributed by atoms with Crippen molar-refractivity contribution in [2.45, 2.75) is 6.92 Å². The van der Waals surface area contributed by atoms with Crippen LogP contribution in [0.3, 0.4) is 0 Å².